The summed E-state index contributed by atoms with van der Waals surface area (Å²) in [6.07, 6.45) is 3.97. The van der Waals surface area contributed by atoms with Crippen LogP contribution < -0.4 is 5.32 Å². The van der Waals surface area contributed by atoms with Crippen LogP contribution in [0.15, 0.2) is 42.7 Å². The number of aliphatic hydroxyl groups is 1. The Bertz CT molecular complexity index is 735. The molecule has 1 aliphatic rings. The molecule has 126 valence electrons. The molecule has 3 rings (SSSR count). The van der Waals surface area contributed by atoms with E-state index < -0.39 is 17.8 Å². The minimum absolute atomic E-state index is 0.280. The van der Waals surface area contributed by atoms with Gasteiger partial charge in [-0.25, -0.2) is 0 Å². The minimum atomic E-state index is -0.655. The van der Waals surface area contributed by atoms with E-state index in [0.717, 1.165) is 18.4 Å². The quantitative estimate of drug-likeness (QED) is 0.599. The van der Waals surface area contributed by atoms with Gasteiger partial charge < -0.3 is 10.4 Å². The summed E-state index contributed by atoms with van der Waals surface area (Å²) in [4.78, 5) is 24.2. The Morgan fingerprint density at radius 2 is 2.04 bits per heavy atom. The van der Waals surface area contributed by atoms with Crippen LogP contribution >= 0.6 is 0 Å². The highest BCUT2D eigenvalue weighted by Gasteiger charge is 2.49. The van der Waals surface area contributed by atoms with Crippen molar-refractivity contribution < 1.29 is 14.7 Å². The maximum Gasteiger partial charge on any atom is 0.292 e. The Kier molecular flexibility index (Phi) is 4.49. The first-order chi connectivity index (χ1) is 11.6. The lowest BCUT2D eigenvalue weighted by Gasteiger charge is -2.22. The molecule has 0 radical (unpaired) electrons. The van der Waals surface area contributed by atoms with Gasteiger partial charge in [-0.1, -0.05) is 30.3 Å². The summed E-state index contributed by atoms with van der Waals surface area (Å²) in [7, 11) is 0. The Balaban J connectivity index is 1.60. The van der Waals surface area contributed by atoms with E-state index in [-0.39, 0.29) is 17.5 Å². The molecule has 2 N–H and O–H groups in total. The molecule has 0 spiro atoms. The summed E-state index contributed by atoms with van der Waals surface area (Å²) in [6, 6.07) is 9.39. The molecule has 1 aromatic heterocycles. The topological polar surface area (TPSA) is 84.2 Å². The van der Waals surface area contributed by atoms with Crippen molar-refractivity contribution in [2.75, 3.05) is 6.54 Å². The van der Waals surface area contributed by atoms with E-state index in [1.165, 1.54) is 6.20 Å². The number of hydrogen-bond donors (Lipinski definition) is 2. The predicted molar refractivity (Wildman–Crippen MR) is 88.3 cm³/mol. The number of aryl methyl sites for hydroxylation is 1. The van der Waals surface area contributed by atoms with Crippen molar-refractivity contribution in [3.8, 4) is 0 Å². The highest BCUT2D eigenvalue weighted by Crippen LogP contribution is 2.54. The molecule has 1 heterocycles. The maximum atomic E-state index is 12.1. The molecule has 0 saturated heterocycles. The third-order valence-corrected chi connectivity index (χ3v) is 4.61. The Morgan fingerprint density at radius 1 is 1.33 bits per heavy atom. The molecular formula is C18H21N3O3. The lowest BCUT2D eigenvalue weighted by molar-refractivity contribution is -0.117. The van der Waals surface area contributed by atoms with E-state index in [1.54, 1.807) is 10.9 Å². The number of aromatic nitrogens is 2. The van der Waals surface area contributed by atoms with Gasteiger partial charge in [-0.3, -0.25) is 14.3 Å². The van der Waals surface area contributed by atoms with Crippen LogP contribution in [0, 0.1) is 5.41 Å². The molecule has 1 unspecified atom stereocenters. The Labute approximate surface area is 140 Å². The summed E-state index contributed by atoms with van der Waals surface area (Å²) < 4.78 is 1.60. The number of carbonyl (C=O) groups excluding carboxylic acids is 2. The van der Waals surface area contributed by atoms with Crippen LogP contribution in [-0.4, -0.2) is 33.1 Å². The van der Waals surface area contributed by atoms with Gasteiger partial charge in [-0.2, -0.15) is 5.10 Å². The van der Waals surface area contributed by atoms with Crippen molar-refractivity contribution in [2.24, 2.45) is 5.41 Å². The number of ketones is 1. The number of benzene rings is 1. The summed E-state index contributed by atoms with van der Waals surface area (Å²) in [5.41, 5.74) is 0.743. The van der Waals surface area contributed by atoms with Crippen molar-refractivity contribution in [3.63, 3.8) is 0 Å². The van der Waals surface area contributed by atoms with E-state index in [1.807, 2.05) is 37.3 Å². The molecule has 0 bridgehead atoms. The maximum absolute atomic E-state index is 12.1. The van der Waals surface area contributed by atoms with Crippen LogP contribution in [0.1, 0.15) is 41.8 Å². The third kappa shape index (κ3) is 3.23. The Morgan fingerprint density at radius 3 is 2.62 bits per heavy atom. The van der Waals surface area contributed by atoms with Gasteiger partial charge in [-0.05, 0) is 25.3 Å². The first-order valence-corrected chi connectivity index (χ1v) is 8.14. The monoisotopic (exact) mass is 327 g/mol. The second-order valence-electron chi connectivity index (χ2n) is 6.27. The fourth-order valence-electron chi connectivity index (χ4n) is 2.82. The average molecular weight is 327 g/mol. The number of aliphatic hydroxyl groups excluding tert-OH is 1. The second-order valence-corrected chi connectivity index (χ2v) is 6.27. The highest BCUT2D eigenvalue weighted by atomic mass is 16.3. The summed E-state index contributed by atoms with van der Waals surface area (Å²) in [5.74, 6) is -1.25. The summed E-state index contributed by atoms with van der Waals surface area (Å²) in [5, 5.41) is 17.2. The number of hydrogen-bond acceptors (Lipinski definition) is 4. The van der Waals surface area contributed by atoms with Gasteiger partial charge in [0.25, 0.3) is 11.7 Å². The van der Waals surface area contributed by atoms with Gasteiger partial charge >= 0.3 is 0 Å². The van der Waals surface area contributed by atoms with Crippen LogP contribution in [0.25, 0.3) is 0 Å². The number of rotatable bonds is 7. The molecule has 1 fully saturated rings. The molecule has 0 aliphatic heterocycles. The van der Waals surface area contributed by atoms with Gasteiger partial charge in [0.05, 0.1) is 17.9 Å². The van der Waals surface area contributed by atoms with E-state index in [0.29, 0.717) is 6.54 Å². The zero-order chi connectivity index (χ0) is 17.2. The molecule has 6 heteroatoms. The molecule has 1 aromatic carbocycles. The third-order valence-electron chi connectivity index (χ3n) is 4.61. The normalized spacial score (nSPS) is 16.4. The van der Waals surface area contributed by atoms with Gasteiger partial charge in [0.2, 0.25) is 0 Å². The summed E-state index contributed by atoms with van der Waals surface area (Å²) >= 11 is 0. The number of carbonyl (C=O) groups is 2. The van der Waals surface area contributed by atoms with E-state index in [9.17, 15) is 14.7 Å². The molecule has 1 saturated carbocycles. The lowest BCUT2D eigenvalue weighted by Crippen LogP contribution is -2.37. The van der Waals surface area contributed by atoms with Gasteiger partial charge in [0.1, 0.15) is 0 Å². The van der Waals surface area contributed by atoms with Crippen molar-refractivity contribution in [1.29, 1.82) is 0 Å². The van der Waals surface area contributed by atoms with Crippen LogP contribution in [0.5, 0.6) is 0 Å². The summed E-state index contributed by atoms with van der Waals surface area (Å²) in [6.45, 7) is 2.83. The van der Waals surface area contributed by atoms with Gasteiger partial charge in [0.15, 0.2) is 0 Å². The standard InChI is InChI=1S/C18H21N3O3/c1-2-21-11-14(10-20-21)15(22)17(24)19-12-18(8-9-18)16(23)13-6-4-3-5-7-13/h3-7,10-11,16,23H,2,8-9,12H2,1H3,(H,19,24). The predicted octanol–water partition coefficient (Wildman–Crippen LogP) is 1.72. The smallest absolute Gasteiger partial charge is 0.292 e. The first-order valence-electron chi connectivity index (χ1n) is 8.14. The van der Waals surface area contributed by atoms with Crippen molar-refractivity contribution >= 4 is 11.7 Å². The minimum Gasteiger partial charge on any atom is -0.388 e. The molecule has 1 atom stereocenters. The largest absolute Gasteiger partial charge is 0.388 e. The van der Waals surface area contributed by atoms with E-state index >= 15 is 0 Å². The first kappa shape index (κ1) is 16.4. The van der Waals surface area contributed by atoms with Crippen LogP contribution in [0.3, 0.4) is 0 Å². The van der Waals surface area contributed by atoms with Crippen LogP contribution in [0.2, 0.25) is 0 Å². The molecule has 6 nitrogen and oxygen atoms in total. The SMILES string of the molecule is CCn1cc(C(=O)C(=O)NCC2(C(O)c3ccccc3)CC2)cn1. The molecule has 24 heavy (non-hydrogen) atoms. The number of Topliss-reactive ketones (excluding diaryl/α,β-unsaturated/α-hetero) is 1. The second kappa shape index (κ2) is 6.57. The van der Waals surface area contributed by atoms with E-state index in [2.05, 4.69) is 10.4 Å². The number of nitrogens with one attached hydrogen (secondary N) is 1. The van der Waals surface area contributed by atoms with E-state index in [4.69, 9.17) is 0 Å². The molecular weight excluding hydrogens is 306 g/mol. The van der Waals surface area contributed by atoms with Gasteiger partial charge in [-0.15, -0.1) is 0 Å². The zero-order valence-electron chi connectivity index (χ0n) is 13.6. The lowest BCUT2D eigenvalue weighted by atomic mass is 9.92. The highest BCUT2D eigenvalue weighted by molar-refractivity contribution is 6.42. The zero-order valence-corrected chi connectivity index (χ0v) is 13.6. The van der Waals surface area contributed by atoms with Crippen molar-refractivity contribution in [2.45, 2.75) is 32.4 Å². The molecule has 1 amide bonds. The average Bonchev–Trinajstić information content (AvgIpc) is 3.27. The van der Waals surface area contributed by atoms with Crippen LogP contribution in [-0.2, 0) is 11.3 Å². The number of nitrogens with zero attached hydrogens (tertiary/aromatic N) is 2. The number of amides is 1. The molecule has 1 aliphatic carbocycles. The molecule has 2 aromatic rings. The van der Waals surface area contributed by atoms with Gasteiger partial charge in [0, 0.05) is 24.7 Å². The fraction of sp³-hybridized carbons (Fsp3) is 0.389. The fourth-order valence-corrected chi connectivity index (χ4v) is 2.82. The van der Waals surface area contributed by atoms with Crippen molar-refractivity contribution in [3.05, 3.63) is 53.9 Å². The Hall–Kier alpha value is -2.47. The van der Waals surface area contributed by atoms with Crippen molar-refractivity contribution in [1.82, 2.24) is 15.1 Å². The van der Waals surface area contributed by atoms with Crippen LogP contribution in [0.4, 0.5) is 0 Å².